The van der Waals surface area contributed by atoms with Crippen LogP contribution in [0.2, 0.25) is 0 Å². The van der Waals surface area contributed by atoms with E-state index >= 15 is 0 Å². The van der Waals surface area contributed by atoms with Gasteiger partial charge in [-0.3, -0.25) is 0 Å². The second-order valence-corrected chi connectivity index (χ2v) is 7.39. The lowest BCUT2D eigenvalue weighted by molar-refractivity contribution is 0.268. The molecular formula is C12H25ClN2O2S. The zero-order valence-corrected chi connectivity index (χ0v) is 12.7. The van der Waals surface area contributed by atoms with Gasteiger partial charge in [-0.1, -0.05) is 6.92 Å². The number of hydrogen-bond acceptors (Lipinski definition) is 3. The van der Waals surface area contributed by atoms with Gasteiger partial charge in [0.2, 0.25) is 10.0 Å². The van der Waals surface area contributed by atoms with Crippen molar-refractivity contribution in [2.24, 2.45) is 11.8 Å². The highest BCUT2D eigenvalue weighted by Gasteiger charge is 2.33. The zero-order chi connectivity index (χ0) is 12.3. The molecule has 1 heterocycles. The Hall–Kier alpha value is 0.160. The van der Waals surface area contributed by atoms with E-state index in [1.807, 2.05) is 0 Å². The van der Waals surface area contributed by atoms with Crippen LogP contribution in [-0.2, 0) is 10.0 Å². The lowest BCUT2D eigenvalue weighted by atomic mass is 9.98. The Bertz CT molecular complexity index is 336. The zero-order valence-electron chi connectivity index (χ0n) is 11.1. The molecule has 2 fully saturated rings. The van der Waals surface area contributed by atoms with E-state index in [-0.39, 0.29) is 12.4 Å². The van der Waals surface area contributed by atoms with E-state index < -0.39 is 10.0 Å². The van der Waals surface area contributed by atoms with Gasteiger partial charge in [-0.2, -0.15) is 0 Å². The highest BCUT2D eigenvalue weighted by atomic mass is 35.5. The summed E-state index contributed by atoms with van der Waals surface area (Å²) in [5, 5.41) is 3.35. The van der Waals surface area contributed by atoms with E-state index in [4.69, 9.17) is 0 Å². The summed E-state index contributed by atoms with van der Waals surface area (Å²) >= 11 is 0. The van der Waals surface area contributed by atoms with Gasteiger partial charge in [0.15, 0.2) is 0 Å². The summed E-state index contributed by atoms with van der Waals surface area (Å²) in [7, 11) is -2.95. The van der Waals surface area contributed by atoms with Gasteiger partial charge in [0.05, 0.1) is 5.75 Å². The van der Waals surface area contributed by atoms with Crippen molar-refractivity contribution in [1.82, 2.24) is 9.62 Å². The second kappa shape index (κ2) is 7.08. The maximum atomic E-state index is 12.1. The molecule has 2 aliphatic rings. The van der Waals surface area contributed by atoms with E-state index in [9.17, 15) is 8.42 Å². The normalized spacial score (nSPS) is 22.7. The Balaban J connectivity index is 0.00000162. The predicted octanol–water partition coefficient (Wildman–Crippen LogP) is 1.47. The van der Waals surface area contributed by atoms with Crippen LogP contribution in [0.25, 0.3) is 0 Å². The van der Waals surface area contributed by atoms with Gasteiger partial charge in [0.1, 0.15) is 0 Å². The number of hydrogen-bond donors (Lipinski definition) is 1. The van der Waals surface area contributed by atoms with Crippen LogP contribution in [0.15, 0.2) is 0 Å². The third kappa shape index (κ3) is 4.68. The van der Waals surface area contributed by atoms with Gasteiger partial charge in [-0.25, -0.2) is 12.7 Å². The Morgan fingerprint density at radius 3 is 2.22 bits per heavy atom. The Morgan fingerprint density at radius 2 is 1.72 bits per heavy atom. The standard InChI is InChI=1S/C12H24N2O2S.ClH/c1-2-13-9-11-5-7-14(8-6-11)17(15,16)10-12-3-4-12;/h11-13H,2-10H2,1H3;1H. The molecular weight excluding hydrogens is 272 g/mol. The van der Waals surface area contributed by atoms with Gasteiger partial charge >= 0.3 is 0 Å². The van der Waals surface area contributed by atoms with E-state index in [1.165, 1.54) is 0 Å². The summed E-state index contributed by atoms with van der Waals surface area (Å²) < 4.78 is 25.9. The van der Waals surface area contributed by atoms with Crippen LogP contribution in [0.5, 0.6) is 0 Å². The molecule has 4 nitrogen and oxygen atoms in total. The molecule has 0 amide bonds. The molecule has 2 rings (SSSR count). The molecule has 0 spiro atoms. The minimum absolute atomic E-state index is 0. The fourth-order valence-electron chi connectivity index (χ4n) is 2.43. The SMILES string of the molecule is CCNCC1CCN(S(=O)(=O)CC2CC2)CC1.Cl. The quantitative estimate of drug-likeness (QED) is 0.807. The van der Waals surface area contributed by atoms with E-state index in [0.29, 0.717) is 17.6 Å². The maximum absolute atomic E-state index is 12.1. The van der Waals surface area contributed by atoms with Crippen LogP contribution >= 0.6 is 12.4 Å². The van der Waals surface area contributed by atoms with Crippen molar-refractivity contribution in [3.8, 4) is 0 Å². The average Bonchev–Trinajstić information content (AvgIpc) is 3.10. The van der Waals surface area contributed by atoms with Crippen molar-refractivity contribution < 1.29 is 8.42 Å². The first-order valence-electron chi connectivity index (χ1n) is 6.80. The Labute approximate surface area is 117 Å². The second-order valence-electron chi connectivity index (χ2n) is 5.37. The van der Waals surface area contributed by atoms with Crippen molar-refractivity contribution in [2.45, 2.75) is 32.6 Å². The van der Waals surface area contributed by atoms with Crippen molar-refractivity contribution in [2.75, 3.05) is 31.9 Å². The Kier molecular flexibility index (Phi) is 6.38. The van der Waals surface area contributed by atoms with Crippen molar-refractivity contribution in [3.05, 3.63) is 0 Å². The summed E-state index contributed by atoms with van der Waals surface area (Å²) in [5.41, 5.74) is 0. The van der Waals surface area contributed by atoms with E-state index in [1.54, 1.807) is 4.31 Å². The Morgan fingerprint density at radius 1 is 1.11 bits per heavy atom. The van der Waals surface area contributed by atoms with Crippen LogP contribution in [0.1, 0.15) is 32.6 Å². The van der Waals surface area contributed by atoms with Crippen LogP contribution in [0.3, 0.4) is 0 Å². The van der Waals surface area contributed by atoms with Gasteiger partial charge in [-0.15, -0.1) is 12.4 Å². The number of sulfonamides is 1. The van der Waals surface area contributed by atoms with E-state index in [0.717, 1.165) is 51.9 Å². The lowest BCUT2D eigenvalue weighted by Crippen LogP contribution is -2.42. The van der Waals surface area contributed by atoms with Gasteiger partial charge in [0, 0.05) is 13.1 Å². The molecule has 1 aliphatic carbocycles. The summed E-state index contributed by atoms with van der Waals surface area (Å²) in [6.07, 6.45) is 4.24. The molecule has 108 valence electrons. The molecule has 1 N–H and O–H groups in total. The van der Waals surface area contributed by atoms with Crippen LogP contribution in [-0.4, -0.2) is 44.7 Å². The molecule has 1 saturated heterocycles. The number of halogens is 1. The molecule has 0 aromatic rings. The van der Waals surface area contributed by atoms with Crippen LogP contribution in [0.4, 0.5) is 0 Å². The third-order valence-corrected chi connectivity index (χ3v) is 5.84. The van der Waals surface area contributed by atoms with Crippen LogP contribution < -0.4 is 5.32 Å². The third-order valence-electron chi connectivity index (χ3n) is 3.79. The molecule has 0 aromatic heterocycles. The number of piperidine rings is 1. The molecule has 0 unspecified atom stereocenters. The minimum Gasteiger partial charge on any atom is -0.317 e. The lowest BCUT2D eigenvalue weighted by Gasteiger charge is -2.31. The number of nitrogens with one attached hydrogen (secondary N) is 1. The first-order valence-corrected chi connectivity index (χ1v) is 8.41. The molecule has 0 aromatic carbocycles. The number of rotatable bonds is 6. The molecule has 0 radical (unpaired) electrons. The molecule has 6 heteroatoms. The molecule has 0 bridgehead atoms. The number of nitrogens with zero attached hydrogens (tertiary/aromatic N) is 1. The smallest absolute Gasteiger partial charge is 0.214 e. The van der Waals surface area contributed by atoms with Crippen LogP contribution in [0, 0.1) is 11.8 Å². The van der Waals surface area contributed by atoms with Crippen molar-refractivity contribution in [3.63, 3.8) is 0 Å². The first-order chi connectivity index (χ1) is 8.12. The molecule has 1 aliphatic heterocycles. The van der Waals surface area contributed by atoms with E-state index in [2.05, 4.69) is 12.2 Å². The van der Waals surface area contributed by atoms with Crippen molar-refractivity contribution >= 4 is 22.4 Å². The van der Waals surface area contributed by atoms with Gasteiger partial charge in [-0.05, 0) is 50.6 Å². The molecule has 18 heavy (non-hydrogen) atoms. The first kappa shape index (κ1) is 16.2. The topological polar surface area (TPSA) is 49.4 Å². The maximum Gasteiger partial charge on any atom is 0.214 e. The minimum atomic E-state index is -2.95. The highest BCUT2D eigenvalue weighted by Crippen LogP contribution is 2.32. The van der Waals surface area contributed by atoms with Crippen molar-refractivity contribution in [1.29, 1.82) is 0 Å². The largest absolute Gasteiger partial charge is 0.317 e. The molecule has 1 saturated carbocycles. The van der Waals surface area contributed by atoms with Gasteiger partial charge in [0.25, 0.3) is 0 Å². The predicted molar refractivity (Wildman–Crippen MR) is 76.6 cm³/mol. The molecule has 0 atom stereocenters. The fraction of sp³-hybridized carbons (Fsp3) is 1.00. The summed E-state index contributed by atoms with van der Waals surface area (Å²) in [6.45, 7) is 5.60. The highest BCUT2D eigenvalue weighted by molar-refractivity contribution is 7.89. The average molecular weight is 297 g/mol. The fourth-order valence-corrected chi connectivity index (χ4v) is 4.33. The summed E-state index contributed by atoms with van der Waals surface area (Å²) in [6, 6.07) is 0. The summed E-state index contributed by atoms with van der Waals surface area (Å²) in [5.74, 6) is 1.51. The monoisotopic (exact) mass is 296 g/mol. The van der Waals surface area contributed by atoms with Gasteiger partial charge < -0.3 is 5.32 Å². The summed E-state index contributed by atoms with van der Waals surface area (Å²) in [4.78, 5) is 0.